The average molecular weight is 535 g/mol. The van der Waals surface area contributed by atoms with Gasteiger partial charge in [0.25, 0.3) is 0 Å². The lowest BCUT2D eigenvalue weighted by molar-refractivity contribution is -0.146. The third-order valence-electron chi connectivity index (χ3n) is 13.6. The minimum atomic E-state index is -1.12. The maximum Gasteiger partial charge on any atom is 0.0888 e. The number of ether oxygens (including phenoxy) is 1. The van der Waals surface area contributed by atoms with Crippen molar-refractivity contribution in [1.29, 1.82) is 0 Å². The van der Waals surface area contributed by atoms with Gasteiger partial charge in [-0.05, 0) is 130 Å². The summed E-state index contributed by atoms with van der Waals surface area (Å²) in [6.07, 6.45) is 18.0. The largest absolute Gasteiger partial charge is 0.393 e. The molecular weight excluding hydrogens is 480 g/mol. The predicted molar refractivity (Wildman–Crippen MR) is 150 cm³/mol. The molecule has 6 aliphatic carbocycles. The number of aliphatic hydroxyl groups excluding tert-OH is 1. The molecule has 5 heteroatoms. The molecule has 7 fully saturated rings. The molecule has 37 heavy (non-hydrogen) atoms. The van der Waals surface area contributed by atoms with E-state index in [1.54, 1.807) is 20.1 Å². The molecule has 1 aliphatic heterocycles. The Balaban J connectivity index is 1.28. The second kappa shape index (κ2) is 8.76. The third-order valence-corrected chi connectivity index (χ3v) is 15.2. The van der Waals surface area contributed by atoms with Crippen molar-refractivity contribution in [2.75, 3.05) is 6.26 Å². The van der Waals surface area contributed by atoms with Gasteiger partial charge in [-0.25, -0.2) is 0 Å². The Morgan fingerprint density at radius 3 is 2.24 bits per heavy atom. The first-order chi connectivity index (χ1) is 17.2. The van der Waals surface area contributed by atoms with Gasteiger partial charge < -0.3 is 14.9 Å². The minimum absolute atomic E-state index is 0.0207. The van der Waals surface area contributed by atoms with E-state index >= 15 is 0 Å². The van der Waals surface area contributed by atoms with Crippen LogP contribution < -0.4 is 0 Å². The zero-order valence-corrected chi connectivity index (χ0v) is 25.2. The van der Waals surface area contributed by atoms with E-state index in [4.69, 9.17) is 4.74 Å². The molecule has 10 unspecified atom stereocenters. The van der Waals surface area contributed by atoms with Crippen molar-refractivity contribution in [3.8, 4) is 0 Å². The highest BCUT2D eigenvalue weighted by Gasteiger charge is 2.70. The van der Waals surface area contributed by atoms with Crippen LogP contribution >= 0.6 is 0 Å². The number of rotatable bonds is 3. The van der Waals surface area contributed by atoms with Crippen molar-refractivity contribution in [2.45, 2.75) is 147 Å². The molecule has 10 atom stereocenters. The maximum absolute atomic E-state index is 12.7. The SMILES string of the molecule is CS(=O)C(C1CCC2C(CC3C4CCC5C6(CCCC(O)C5(C)C)CC4(CCCC23C)C6)O1)C(C)(C)O. The van der Waals surface area contributed by atoms with Crippen LogP contribution in [0.15, 0.2) is 0 Å². The van der Waals surface area contributed by atoms with E-state index in [1.165, 1.54) is 57.8 Å². The standard InChI is InChI=1S/C32H54O4S/c1-28(2)25-13-11-20-22-17-24-21(10-12-23(36-24)27(37(6)35)29(3,4)34)30(22,5)14-8-16-31(20)18-32(25,19-31)15-7-9-26(28)33/h20-27,33-34H,7-19H2,1-6H3. The maximum atomic E-state index is 12.7. The summed E-state index contributed by atoms with van der Waals surface area (Å²) in [4.78, 5) is 0. The Kier molecular flexibility index (Phi) is 6.44. The Labute approximate surface area is 228 Å². The van der Waals surface area contributed by atoms with Crippen LogP contribution in [0, 0.1) is 45.3 Å². The van der Waals surface area contributed by atoms with Gasteiger partial charge in [-0.1, -0.05) is 33.6 Å². The van der Waals surface area contributed by atoms with Gasteiger partial charge in [0.15, 0.2) is 0 Å². The van der Waals surface area contributed by atoms with Crippen molar-refractivity contribution in [2.24, 2.45) is 45.3 Å². The van der Waals surface area contributed by atoms with Crippen LogP contribution in [-0.2, 0) is 15.5 Å². The summed E-state index contributed by atoms with van der Waals surface area (Å²) >= 11 is 0. The molecule has 0 aromatic carbocycles. The Morgan fingerprint density at radius 2 is 1.57 bits per heavy atom. The van der Waals surface area contributed by atoms with Gasteiger partial charge in [0, 0.05) is 17.1 Å². The van der Waals surface area contributed by atoms with E-state index in [-0.39, 0.29) is 29.0 Å². The monoisotopic (exact) mass is 534 g/mol. The first-order valence-electron chi connectivity index (χ1n) is 15.6. The van der Waals surface area contributed by atoms with Crippen LogP contribution in [0.1, 0.15) is 118 Å². The molecular formula is C32H54O4S. The zero-order chi connectivity index (χ0) is 26.6. The van der Waals surface area contributed by atoms with Gasteiger partial charge in [0.2, 0.25) is 0 Å². The summed E-state index contributed by atoms with van der Waals surface area (Å²) in [5.74, 6) is 2.74. The van der Waals surface area contributed by atoms with Crippen LogP contribution in [0.4, 0.5) is 0 Å². The fourth-order valence-electron chi connectivity index (χ4n) is 12.4. The van der Waals surface area contributed by atoms with E-state index in [0.29, 0.717) is 34.0 Å². The van der Waals surface area contributed by atoms with Crippen LogP contribution in [0.2, 0.25) is 0 Å². The Bertz CT molecular complexity index is 916. The Hall–Kier alpha value is 0.0300. The van der Waals surface area contributed by atoms with Gasteiger partial charge in [-0.3, -0.25) is 4.21 Å². The lowest BCUT2D eigenvalue weighted by Crippen LogP contribution is -2.55. The average Bonchev–Trinajstić information content (AvgIpc) is 2.88. The lowest BCUT2D eigenvalue weighted by Gasteiger charge is -2.63. The second-order valence-electron chi connectivity index (χ2n) is 16.2. The van der Waals surface area contributed by atoms with Crippen molar-refractivity contribution in [3.63, 3.8) is 0 Å². The summed E-state index contributed by atoms with van der Waals surface area (Å²) < 4.78 is 19.6. The summed E-state index contributed by atoms with van der Waals surface area (Å²) in [6, 6.07) is 0. The van der Waals surface area contributed by atoms with Gasteiger partial charge in [-0.15, -0.1) is 0 Å². The third kappa shape index (κ3) is 3.93. The second-order valence-corrected chi connectivity index (χ2v) is 17.7. The van der Waals surface area contributed by atoms with Gasteiger partial charge in [0.05, 0.1) is 29.2 Å². The van der Waals surface area contributed by atoms with E-state index in [1.807, 2.05) is 0 Å². The van der Waals surface area contributed by atoms with Crippen LogP contribution in [0.5, 0.6) is 0 Å². The molecule has 7 aliphatic rings. The molecule has 4 nitrogen and oxygen atoms in total. The fraction of sp³-hybridized carbons (Fsp3) is 1.00. The first-order valence-corrected chi connectivity index (χ1v) is 17.2. The van der Waals surface area contributed by atoms with Crippen molar-refractivity contribution in [1.82, 2.24) is 0 Å². The quantitative estimate of drug-likeness (QED) is 0.450. The van der Waals surface area contributed by atoms with Crippen molar-refractivity contribution < 1.29 is 19.2 Å². The molecule has 212 valence electrons. The number of fused-ring (bicyclic) bond motifs is 4. The molecule has 7 rings (SSSR count). The fourth-order valence-corrected chi connectivity index (χ4v) is 13.8. The van der Waals surface area contributed by atoms with E-state index in [9.17, 15) is 14.4 Å². The highest BCUT2D eigenvalue weighted by molar-refractivity contribution is 7.85. The van der Waals surface area contributed by atoms with E-state index < -0.39 is 16.4 Å². The van der Waals surface area contributed by atoms with Crippen LogP contribution in [-0.4, -0.2) is 49.8 Å². The summed E-state index contributed by atoms with van der Waals surface area (Å²) in [6.45, 7) is 11.0. The molecule has 0 amide bonds. The molecule has 6 saturated carbocycles. The molecule has 1 saturated heterocycles. The molecule has 0 radical (unpaired) electrons. The number of hydrogen-bond acceptors (Lipinski definition) is 4. The summed E-state index contributed by atoms with van der Waals surface area (Å²) in [5.41, 5.74) is 0.336. The smallest absolute Gasteiger partial charge is 0.0888 e. The normalized spacial score (nSPS) is 52.6. The van der Waals surface area contributed by atoms with Gasteiger partial charge >= 0.3 is 0 Å². The lowest BCUT2D eigenvalue weighted by atomic mass is 9.42. The van der Waals surface area contributed by atoms with Crippen LogP contribution in [0.25, 0.3) is 0 Å². The Morgan fingerprint density at radius 1 is 0.892 bits per heavy atom. The zero-order valence-electron chi connectivity index (χ0n) is 24.4. The van der Waals surface area contributed by atoms with E-state index in [0.717, 1.165) is 31.6 Å². The summed E-state index contributed by atoms with van der Waals surface area (Å²) in [7, 11) is -1.12. The molecule has 2 spiro atoms. The predicted octanol–water partition coefficient (Wildman–Crippen LogP) is 6.24. The molecule has 2 N–H and O–H groups in total. The number of aliphatic hydroxyl groups is 2. The van der Waals surface area contributed by atoms with Gasteiger partial charge in [0.1, 0.15) is 0 Å². The molecule has 2 bridgehead atoms. The highest BCUT2D eigenvalue weighted by Crippen LogP contribution is 2.77. The topological polar surface area (TPSA) is 66.8 Å². The summed E-state index contributed by atoms with van der Waals surface area (Å²) in [5, 5.41) is 21.6. The number of hydrogen-bond donors (Lipinski definition) is 2. The molecule has 0 aromatic heterocycles. The molecule has 0 aromatic rings. The molecule has 1 heterocycles. The highest BCUT2D eigenvalue weighted by atomic mass is 32.2. The van der Waals surface area contributed by atoms with Crippen molar-refractivity contribution >= 4 is 10.8 Å². The van der Waals surface area contributed by atoms with Crippen LogP contribution in [0.3, 0.4) is 0 Å². The van der Waals surface area contributed by atoms with E-state index in [2.05, 4.69) is 20.8 Å². The van der Waals surface area contributed by atoms with Gasteiger partial charge in [-0.2, -0.15) is 0 Å². The minimum Gasteiger partial charge on any atom is -0.393 e. The van der Waals surface area contributed by atoms with Crippen molar-refractivity contribution in [3.05, 3.63) is 0 Å². The first kappa shape index (κ1) is 27.2.